The summed E-state index contributed by atoms with van der Waals surface area (Å²) in [5, 5.41) is 23.3. The minimum Gasteiger partial charge on any atom is -0.489 e. The van der Waals surface area contributed by atoms with E-state index in [0.717, 1.165) is 50.1 Å². The van der Waals surface area contributed by atoms with Gasteiger partial charge in [-0.25, -0.2) is 28.9 Å². The lowest BCUT2D eigenvalue weighted by Gasteiger charge is -2.39. The number of nitrogens with zero attached hydrogens (tertiary/aromatic N) is 8. The summed E-state index contributed by atoms with van der Waals surface area (Å²) in [6, 6.07) is 28.8. The van der Waals surface area contributed by atoms with Crippen LogP contribution >= 0.6 is 11.6 Å². The van der Waals surface area contributed by atoms with Crippen molar-refractivity contribution in [2.45, 2.75) is 32.5 Å². The van der Waals surface area contributed by atoms with Crippen LogP contribution in [0.4, 0.5) is 5.82 Å². The molecule has 25 nitrogen and oxygen atoms in total. The Morgan fingerprint density at radius 3 is 1.93 bits per heavy atom. The number of esters is 3. The number of piperazine rings is 1. The van der Waals surface area contributed by atoms with E-state index >= 15 is 0 Å². The number of carbonyl (C=O) groups is 3. The van der Waals surface area contributed by atoms with Crippen molar-refractivity contribution in [3.63, 3.8) is 0 Å². The van der Waals surface area contributed by atoms with Gasteiger partial charge >= 0.3 is 29.6 Å². The van der Waals surface area contributed by atoms with Gasteiger partial charge in [-0.2, -0.15) is 0 Å². The van der Waals surface area contributed by atoms with Gasteiger partial charge in [0.1, 0.15) is 77.5 Å². The molecule has 2 aliphatic heterocycles. The van der Waals surface area contributed by atoms with E-state index < -0.39 is 76.1 Å². The number of benzene rings is 4. The number of rotatable bonds is 24. The third-order valence-electron chi connectivity index (χ3n) is 13.5. The van der Waals surface area contributed by atoms with Crippen LogP contribution in [0.5, 0.6) is 11.5 Å². The number of fused-ring (bicyclic) bond motifs is 2. The van der Waals surface area contributed by atoms with E-state index in [1.807, 2.05) is 42.5 Å². The van der Waals surface area contributed by atoms with Crippen LogP contribution in [0.2, 0.25) is 5.02 Å². The molecule has 426 valence electrons. The number of aryl methyl sites for hydroxylation is 1. The molecule has 26 heteroatoms. The Kier molecular flexibility index (Phi) is 18.5. The Morgan fingerprint density at radius 2 is 1.33 bits per heavy atom. The largest absolute Gasteiger partial charge is 0.499 e. The van der Waals surface area contributed by atoms with Crippen molar-refractivity contribution >= 4 is 68.9 Å². The van der Waals surface area contributed by atoms with Crippen LogP contribution < -0.4 is 20.3 Å². The average Bonchev–Trinajstić information content (AvgIpc) is 4.20. The van der Waals surface area contributed by atoms with Crippen molar-refractivity contribution in [1.82, 2.24) is 19.4 Å². The molecule has 0 amide bonds. The Hall–Kier alpha value is -9.17. The Labute approximate surface area is 470 Å². The van der Waals surface area contributed by atoms with E-state index in [-0.39, 0.29) is 90.6 Å². The number of halogens is 1. The van der Waals surface area contributed by atoms with Crippen LogP contribution in [-0.2, 0) is 30.3 Å². The third kappa shape index (κ3) is 13.9. The number of amidine groups is 2. The molecule has 0 spiro atoms. The van der Waals surface area contributed by atoms with Gasteiger partial charge in [0.05, 0.1) is 12.6 Å². The lowest BCUT2D eigenvalue weighted by Crippen LogP contribution is -2.48. The number of ether oxygens (including phenoxy) is 6. The summed E-state index contributed by atoms with van der Waals surface area (Å²) in [5.74, 6) is -3.44. The van der Waals surface area contributed by atoms with Crippen molar-refractivity contribution in [3.05, 3.63) is 183 Å². The van der Waals surface area contributed by atoms with E-state index in [1.54, 1.807) is 13.8 Å². The van der Waals surface area contributed by atoms with Gasteiger partial charge in [0.25, 0.3) is 5.84 Å². The molecule has 0 aliphatic carbocycles. The van der Waals surface area contributed by atoms with E-state index in [4.69, 9.17) is 48.9 Å². The molecule has 1 saturated heterocycles. The molecule has 2 unspecified atom stereocenters. The van der Waals surface area contributed by atoms with Gasteiger partial charge in [0.2, 0.25) is 18.1 Å². The molecule has 1 fully saturated rings. The van der Waals surface area contributed by atoms with Gasteiger partial charge in [0.15, 0.2) is 35.9 Å². The highest BCUT2D eigenvalue weighted by molar-refractivity contribution is 6.30. The van der Waals surface area contributed by atoms with Gasteiger partial charge in [-0.1, -0.05) is 66.2 Å². The van der Waals surface area contributed by atoms with Gasteiger partial charge in [-0.05, 0) is 52.4 Å². The third-order valence-corrected chi connectivity index (χ3v) is 13.8. The fraction of sp³-hybridized carbons (Fsp3) is 0.321. The van der Waals surface area contributed by atoms with Crippen molar-refractivity contribution in [2.24, 2.45) is 4.99 Å². The maximum absolute atomic E-state index is 13.6. The van der Waals surface area contributed by atoms with Gasteiger partial charge in [-0.3, -0.25) is 29.5 Å². The Balaban J connectivity index is 0.850. The van der Waals surface area contributed by atoms with E-state index in [2.05, 4.69) is 31.9 Å². The number of aromatic nitrogens is 2. The number of hydrogen-bond donors (Lipinski definition) is 0. The topological polar surface area (TPSA) is 293 Å². The predicted molar refractivity (Wildman–Crippen MR) is 294 cm³/mol. The lowest BCUT2D eigenvalue weighted by atomic mass is 9.96. The second kappa shape index (κ2) is 26.4. The first-order valence-corrected chi connectivity index (χ1v) is 26.2. The Morgan fingerprint density at radius 1 is 0.732 bits per heavy atom. The fourth-order valence-electron chi connectivity index (χ4n) is 9.46. The summed E-state index contributed by atoms with van der Waals surface area (Å²) in [6.07, 6.45) is -0.133. The summed E-state index contributed by atoms with van der Waals surface area (Å²) >= 11 is 6.23. The maximum atomic E-state index is 13.6. The van der Waals surface area contributed by atoms with Crippen molar-refractivity contribution < 1.29 is 66.1 Å². The first-order valence-electron chi connectivity index (χ1n) is 25.8. The highest BCUT2D eigenvalue weighted by atomic mass is 35.5. The van der Waals surface area contributed by atoms with Gasteiger partial charge in [-0.15, -0.1) is 4.58 Å². The molecule has 82 heavy (non-hydrogen) atoms. The molecule has 2 atom stereocenters. The van der Waals surface area contributed by atoms with Crippen LogP contribution in [0.15, 0.2) is 133 Å². The second-order valence-corrected chi connectivity index (χ2v) is 19.2. The lowest BCUT2D eigenvalue weighted by molar-refractivity contribution is -0.490. The van der Waals surface area contributed by atoms with Gasteiger partial charge < -0.3 is 47.4 Å². The van der Waals surface area contributed by atoms with Crippen LogP contribution in [0, 0.1) is 27.2 Å². The second-order valence-electron chi connectivity index (χ2n) is 18.8. The summed E-state index contributed by atoms with van der Waals surface area (Å²) < 4.78 is 48.5. The quantitative estimate of drug-likeness (QED) is 0.0170. The molecule has 5 heterocycles. The molecule has 0 radical (unpaired) electrons. The molecule has 4 aromatic carbocycles. The fourth-order valence-corrected chi connectivity index (χ4v) is 9.58. The summed E-state index contributed by atoms with van der Waals surface area (Å²) in [7, 11) is 0. The summed E-state index contributed by atoms with van der Waals surface area (Å²) in [4.78, 5) is 101. The first-order chi connectivity index (χ1) is 39.6. The molecule has 9 rings (SSSR count). The highest BCUT2D eigenvalue weighted by Crippen LogP contribution is 2.31. The first kappa shape index (κ1) is 57.5. The highest BCUT2D eigenvalue weighted by Gasteiger charge is 2.35. The molecule has 3 aromatic heterocycles. The molecule has 0 saturated carbocycles. The van der Waals surface area contributed by atoms with Gasteiger partial charge in [0, 0.05) is 63.7 Å². The summed E-state index contributed by atoms with van der Waals surface area (Å²) in [6.45, 7) is 4.78. The monoisotopic (exact) mass is 1150 g/mol. The molecule has 0 N–H and O–H groups in total. The van der Waals surface area contributed by atoms with Crippen LogP contribution in [0.1, 0.15) is 51.0 Å². The average molecular weight is 1150 g/mol. The molecule has 7 aromatic rings. The van der Waals surface area contributed by atoms with E-state index in [0.29, 0.717) is 23.2 Å². The zero-order chi connectivity index (χ0) is 57.9. The predicted octanol–water partition coefficient (Wildman–Crippen LogP) is 5.89. The molecular weight excluding hydrogens is 1090 g/mol. The van der Waals surface area contributed by atoms with Crippen LogP contribution in [-0.4, -0.2) is 155 Å². The number of carbonyl (C=O) groups excluding carboxylic acids is 3. The zero-order valence-corrected chi connectivity index (χ0v) is 45.1. The molecular formula is C56H54ClN8O17+. The van der Waals surface area contributed by atoms with Crippen LogP contribution in [0.25, 0.3) is 21.9 Å². The van der Waals surface area contributed by atoms with Crippen molar-refractivity contribution in [3.8, 4) is 11.5 Å². The minimum atomic E-state index is -1.22. The molecule has 2 aliphatic rings. The smallest absolute Gasteiger partial charge is 0.489 e. The van der Waals surface area contributed by atoms with E-state index in [1.165, 1.54) is 51.1 Å². The SMILES string of the molecule is CC1=NCC([N+](=O)[O-])=[N+]1CCOC(=O)c1cc(=O)c2c(OCC(COc3cccc4oc(C(=O)OCCn5c([N+](=O)[O-])cnc5C)cc(=O)c34)OC(=O)COCCN3CCN(C(c4ccccc4)c4ccc(Cl)cc4)CC3)cccc2o1. The normalized spacial score (nSPS) is 14.5. The minimum absolute atomic E-state index is 0.0120. The summed E-state index contributed by atoms with van der Waals surface area (Å²) in [5.41, 5.74) is 0.823. The number of imidazole rings is 1. The van der Waals surface area contributed by atoms with Crippen molar-refractivity contribution in [1.29, 1.82) is 0 Å². The number of nitro groups is 2. The zero-order valence-electron chi connectivity index (χ0n) is 44.3. The maximum Gasteiger partial charge on any atom is 0.499 e. The van der Waals surface area contributed by atoms with Crippen molar-refractivity contribution in [2.75, 3.05) is 85.5 Å². The van der Waals surface area contributed by atoms with Crippen LogP contribution in [0.3, 0.4) is 0 Å². The standard InChI is InChI=1S/C56H54ClN8O17/c1-35-58-30-49(64(71)72)62(35)23-26-76-55(69)47-28-41(66)52-43(10-6-12-45(52)81-47)78-32-40(33-79-44-11-7-13-46-53(44)42(67)29-48(82-46)56(70)77-27-24-63-36(2)59-31-50(63)65(73)74)80-51(68)34-75-25-22-60-18-20-61(21-19-60)54(37-8-4-3-5-9-37)38-14-16-39(57)17-15-38/h3-17,28-30,40,54H,18-27,31-34H2,1-2H3/q+1. The number of aliphatic imine (C=N–C) groups is 1. The Bertz CT molecular complexity index is 3710. The molecule has 0 bridgehead atoms. The number of hydrogen-bond acceptors (Lipinski definition) is 21. The van der Waals surface area contributed by atoms with E-state index in [9.17, 15) is 44.2 Å².